The maximum absolute atomic E-state index is 11.4. The second-order valence-corrected chi connectivity index (χ2v) is 4.76. The van der Waals surface area contributed by atoms with Crippen LogP contribution in [0.4, 0.5) is 5.95 Å². The van der Waals surface area contributed by atoms with Crippen LogP contribution in [0.25, 0.3) is 11.3 Å². The minimum absolute atomic E-state index is 0.260. The first kappa shape index (κ1) is 13.2. The summed E-state index contributed by atoms with van der Waals surface area (Å²) in [6.07, 6.45) is 1.50. The van der Waals surface area contributed by atoms with Crippen LogP contribution >= 0.6 is 0 Å². The van der Waals surface area contributed by atoms with Crippen molar-refractivity contribution in [3.8, 4) is 11.3 Å². The van der Waals surface area contributed by atoms with Crippen molar-refractivity contribution >= 4 is 18.1 Å². The summed E-state index contributed by atoms with van der Waals surface area (Å²) in [6.45, 7) is 0.297. The number of hydrazone groups is 1. The van der Waals surface area contributed by atoms with Crippen LogP contribution in [0.5, 0.6) is 0 Å². The third-order valence-electron chi connectivity index (χ3n) is 3.30. The molecule has 0 saturated heterocycles. The van der Waals surface area contributed by atoms with E-state index in [0.717, 1.165) is 11.1 Å². The zero-order valence-electron chi connectivity index (χ0n) is 11.7. The molecule has 0 unspecified atom stereocenters. The number of rotatable bonds is 4. The highest BCUT2D eigenvalue weighted by Crippen LogP contribution is 2.27. The van der Waals surface area contributed by atoms with Crippen molar-refractivity contribution in [1.29, 1.82) is 0 Å². The molecule has 9 nitrogen and oxygen atoms in total. The molecular weight excluding hydrogens is 300 g/mol. The number of furan rings is 1. The largest absolute Gasteiger partial charge is 0.457 e. The van der Waals surface area contributed by atoms with Gasteiger partial charge in [0.1, 0.15) is 18.1 Å². The first-order valence-electron chi connectivity index (χ1n) is 6.72. The number of tetrazole rings is 1. The number of aromatic amines is 1. The first-order chi connectivity index (χ1) is 11.3. The summed E-state index contributed by atoms with van der Waals surface area (Å²) in [6, 6.07) is 9.06. The van der Waals surface area contributed by atoms with Crippen LogP contribution in [0.3, 0.4) is 0 Å². The minimum atomic E-state index is -0.286. The first-order valence-corrected chi connectivity index (χ1v) is 6.72. The summed E-state index contributed by atoms with van der Waals surface area (Å²) < 4.78 is 10.7. The fourth-order valence-electron chi connectivity index (χ4n) is 2.23. The van der Waals surface area contributed by atoms with E-state index in [-0.39, 0.29) is 11.9 Å². The van der Waals surface area contributed by atoms with Gasteiger partial charge in [-0.2, -0.15) is 10.3 Å². The number of carbonyl (C=O) groups excluding carboxylic acids is 1. The standard InChI is InChI=1S/C14H10N6O3/c21-13-11-3-1-8(5-9(11)7-22-13)12-4-2-10(23-12)6-15-16-14-17-19-20-18-14/h1-6H,7H2,(H2,16,17,18,19,20)/b15-6+. The molecule has 0 saturated carbocycles. The molecule has 0 aliphatic carbocycles. The molecule has 23 heavy (non-hydrogen) atoms. The van der Waals surface area contributed by atoms with E-state index in [1.807, 2.05) is 18.2 Å². The smallest absolute Gasteiger partial charge is 0.338 e. The van der Waals surface area contributed by atoms with Crippen molar-refractivity contribution in [1.82, 2.24) is 20.6 Å². The van der Waals surface area contributed by atoms with Gasteiger partial charge in [-0.05, 0) is 29.5 Å². The van der Waals surface area contributed by atoms with Gasteiger partial charge in [0.15, 0.2) is 0 Å². The average Bonchev–Trinajstić information content (AvgIpc) is 3.29. The monoisotopic (exact) mass is 310 g/mol. The fourth-order valence-corrected chi connectivity index (χ4v) is 2.23. The third kappa shape index (κ3) is 2.55. The Morgan fingerprint density at radius 3 is 3.13 bits per heavy atom. The Morgan fingerprint density at radius 1 is 1.30 bits per heavy atom. The van der Waals surface area contributed by atoms with Crippen LogP contribution in [-0.4, -0.2) is 32.8 Å². The van der Waals surface area contributed by atoms with E-state index in [0.29, 0.717) is 23.7 Å². The average molecular weight is 310 g/mol. The van der Waals surface area contributed by atoms with Crippen LogP contribution in [-0.2, 0) is 11.3 Å². The summed E-state index contributed by atoms with van der Waals surface area (Å²) in [5, 5.41) is 17.0. The summed E-state index contributed by atoms with van der Waals surface area (Å²) in [5.41, 5.74) is 4.93. The molecule has 0 spiro atoms. The van der Waals surface area contributed by atoms with Gasteiger partial charge in [0.05, 0.1) is 11.8 Å². The topological polar surface area (TPSA) is 118 Å². The van der Waals surface area contributed by atoms with E-state index in [4.69, 9.17) is 9.15 Å². The molecule has 0 bridgehead atoms. The Hall–Kier alpha value is -3.49. The summed E-state index contributed by atoms with van der Waals surface area (Å²) in [5.74, 6) is 1.21. The van der Waals surface area contributed by atoms with Gasteiger partial charge in [0, 0.05) is 11.1 Å². The molecule has 0 amide bonds. The second kappa shape index (κ2) is 5.37. The lowest BCUT2D eigenvalue weighted by atomic mass is 10.0. The summed E-state index contributed by atoms with van der Waals surface area (Å²) in [7, 11) is 0. The molecule has 3 heterocycles. The van der Waals surface area contributed by atoms with Gasteiger partial charge in [-0.3, -0.25) is 0 Å². The van der Waals surface area contributed by atoms with Gasteiger partial charge in [-0.25, -0.2) is 10.2 Å². The Morgan fingerprint density at radius 2 is 2.26 bits per heavy atom. The highest BCUT2D eigenvalue weighted by atomic mass is 16.5. The molecule has 4 rings (SSSR count). The van der Waals surface area contributed by atoms with Gasteiger partial charge in [0.25, 0.3) is 5.95 Å². The van der Waals surface area contributed by atoms with E-state index in [9.17, 15) is 4.79 Å². The lowest BCUT2D eigenvalue weighted by Gasteiger charge is -1.99. The van der Waals surface area contributed by atoms with Crippen molar-refractivity contribution in [2.75, 3.05) is 5.43 Å². The van der Waals surface area contributed by atoms with Crippen LogP contribution in [0, 0.1) is 0 Å². The normalized spacial score (nSPS) is 13.3. The number of H-pyrrole nitrogens is 1. The number of hydrogen-bond donors (Lipinski definition) is 2. The van der Waals surface area contributed by atoms with E-state index >= 15 is 0 Å². The number of cyclic esters (lactones) is 1. The second-order valence-electron chi connectivity index (χ2n) is 4.76. The molecule has 3 aromatic rings. The lowest BCUT2D eigenvalue weighted by molar-refractivity contribution is 0.0535. The van der Waals surface area contributed by atoms with Crippen LogP contribution in [0.15, 0.2) is 39.9 Å². The van der Waals surface area contributed by atoms with Gasteiger partial charge in [0.2, 0.25) is 0 Å². The number of nitrogens with zero attached hydrogens (tertiary/aromatic N) is 4. The molecule has 0 fully saturated rings. The molecule has 1 aliphatic rings. The number of fused-ring (bicyclic) bond motifs is 1. The Balaban J connectivity index is 1.52. The number of esters is 1. The maximum Gasteiger partial charge on any atom is 0.338 e. The molecule has 2 aromatic heterocycles. The molecule has 1 aliphatic heterocycles. The van der Waals surface area contributed by atoms with Crippen LogP contribution in [0.1, 0.15) is 21.7 Å². The van der Waals surface area contributed by atoms with Gasteiger partial charge >= 0.3 is 5.97 Å². The van der Waals surface area contributed by atoms with Crippen molar-refractivity contribution < 1.29 is 13.9 Å². The SMILES string of the molecule is O=C1OCc2cc(-c3ccc(/C=N/Nc4nn[nH]n4)o3)ccc21. The molecule has 1 aromatic carbocycles. The molecule has 9 heteroatoms. The number of anilines is 1. The maximum atomic E-state index is 11.4. The number of hydrogen-bond acceptors (Lipinski definition) is 8. The van der Waals surface area contributed by atoms with Crippen LogP contribution < -0.4 is 5.43 Å². The molecule has 0 radical (unpaired) electrons. The third-order valence-corrected chi connectivity index (χ3v) is 3.30. The number of nitrogens with one attached hydrogen (secondary N) is 2. The quantitative estimate of drug-likeness (QED) is 0.426. The van der Waals surface area contributed by atoms with E-state index in [2.05, 4.69) is 31.2 Å². The van der Waals surface area contributed by atoms with E-state index in [1.165, 1.54) is 6.21 Å². The van der Waals surface area contributed by atoms with Gasteiger partial charge < -0.3 is 9.15 Å². The number of benzene rings is 1. The van der Waals surface area contributed by atoms with Crippen molar-refractivity contribution in [3.63, 3.8) is 0 Å². The molecular formula is C14H10N6O3. The predicted octanol–water partition coefficient (Wildman–Crippen LogP) is 1.58. The Kier molecular flexibility index (Phi) is 3.08. The van der Waals surface area contributed by atoms with Crippen molar-refractivity contribution in [2.24, 2.45) is 5.10 Å². The zero-order chi connectivity index (χ0) is 15.6. The van der Waals surface area contributed by atoms with Gasteiger partial charge in [-0.1, -0.05) is 11.2 Å². The number of aromatic nitrogens is 4. The van der Waals surface area contributed by atoms with E-state index in [1.54, 1.807) is 12.1 Å². The fraction of sp³-hybridized carbons (Fsp3) is 0.0714. The summed E-state index contributed by atoms with van der Waals surface area (Å²) >= 11 is 0. The molecule has 114 valence electrons. The van der Waals surface area contributed by atoms with Gasteiger partial charge in [-0.15, -0.1) is 5.10 Å². The van der Waals surface area contributed by atoms with Crippen molar-refractivity contribution in [3.05, 3.63) is 47.2 Å². The highest BCUT2D eigenvalue weighted by Gasteiger charge is 2.21. The summed E-state index contributed by atoms with van der Waals surface area (Å²) in [4.78, 5) is 11.4. The number of carbonyl (C=O) groups is 1. The van der Waals surface area contributed by atoms with Crippen LogP contribution in [0.2, 0.25) is 0 Å². The Labute approximate surface area is 129 Å². The Bertz CT molecular complexity index is 884. The molecule has 2 N–H and O–H groups in total. The molecule has 0 atom stereocenters. The predicted molar refractivity (Wildman–Crippen MR) is 78.7 cm³/mol. The lowest BCUT2D eigenvalue weighted by Crippen LogP contribution is -1.92. The zero-order valence-corrected chi connectivity index (χ0v) is 11.7. The van der Waals surface area contributed by atoms with Crippen molar-refractivity contribution in [2.45, 2.75) is 6.61 Å². The number of ether oxygens (including phenoxy) is 1. The van der Waals surface area contributed by atoms with E-state index < -0.39 is 0 Å². The minimum Gasteiger partial charge on any atom is -0.457 e. The highest BCUT2D eigenvalue weighted by molar-refractivity contribution is 5.94.